The number of carbonyl (C=O) groups is 1. The van der Waals surface area contributed by atoms with Gasteiger partial charge in [-0.3, -0.25) is 4.79 Å². The summed E-state index contributed by atoms with van der Waals surface area (Å²) in [6.07, 6.45) is 0.794. The number of hydrogen-bond donors (Lipinski definition) is 0. The predicted octanol–water partition coefficient (Wildman–Crippen LogP) is 6.36. The van der Waals surface area contributed by atoms with Crippen molar-refractivity contribution < 1.29 is 9.53 Å². The second kappa shape index (κ2) is 7.43. The standard InChI is InChI=1S/C23H30O2/c1-22(2,3)16-19(23(4,5)6)21(24)25-20-15-11-10-14-18(20)17-12-8-7-9-13-17/h7-15,19H,16H2,1-6H3. The van der Waals surface area contributed by atoms with Gasteiger partial charge in [0, 0.05) is 5.56 Å². The first-order valence-electron chi connectivity index (χ1n) is 8.94. The first-order valence-corrected chi connectivity index (χ1v) is 8.94. The van der Waals surface area contributed by atoms with Gasteiger partial charge in [-0.2, -0.15) is 0 Å². The van der Waals surface area contributed by atoms with Gasteiger partial charge in [-0.15, -0.1) is 0 Å². The normalized spacial score (nSPS) is 13.4. The van der Waals surface area contributed by atoms with Crippen molar-refractivity contribution in [1.82, 2.24) is 0 Å². The van der Waals surface area contributed by atoms with E-state index in [1.807, 2.05) is 54.6 Å². The number of carbonyl (C=O) groups excluding carboxylic acids is 1. The highest BCUT2D eigenvalue weighted by atomic mass is 16.5. The topological polar surface area (TPSA) is 26.3 Å². The molecule has 0 radical (unpaired) electrons. The lowest BCUT2D eigenvalue weighted by Gasteiger charge is -2.33. The molecule has 0 aromatic heterocycles. The van der Waals surface area contributed by atoms with Crippen LogP contribution in [0.2, 0.25) is 0 Å². The summed E-state index contributed by atoms with van der Waals surface area (Å²) in [7, 11) is 0. The second-order valence-electron chi connectivity index (χ2n) is 8.97. The van der Waals surface area contributed by atoms with E-state index in [1.165, 1.54) is 0 Å². The van der Waals surface area contributed by atoms with Crippen molar-refractivity contribution in [3.8, 4) is 16.9 Å². The van der Waals surface area contributed by atoms with Crippen molar-refractivity contribution in [1.29, 1.82) is 0 Å². The van der Waals surface area contributed by atoms with Crippen molar-refractivity contribution in [2.45, 2.75) is 48.0 Å². The summed E-state index contributed by atoms with van der Waals surface area (Å²) in [5.41, 5.74) is 1.91. The van der Waals surface area contributed by atoms with E-state index in [0.717, 1.165) is 17.5 Å². The Morgan fingerprint density at radius 1 is 0.880 bits per heavy atom. The molecule has 0 saturated carbocycles. The number of esters is 1. The second-order valence-corrected chi connectivity index (χ2v) is 8.97. The summed E-state index contributed by atoms with van der Waals surface area (Å²) in [6.45, 7) is 12.8. The zero-order valence-corrected chi connectivity index (χ0v) is 16.3. The predicted molar refractivity (Wildman–Crippen MR) is 105 cm³/mol. The molecule has 0 heterocycles. The van der Waals surface area contributed by atoms with Crippen LogP contribution >= 0.6 is 0 Å². The maximum Gasteiger partial charge on any atom is 0.314 e. The highest BCUT2D eigenvalue weighted by Crippen LogP contribution is 2.38. The van der Waals surface area contributed by atoms with Gasteiger partial charge in [0.1, 0.15) is 5.75 Å². The Kier molecular flexibility index (Phi) is 5.72. The molecule has 1 unspecified atom stereocenters. The van der Waals surface area contributed by atoms with E-state index in [-0.39, 0.29) is 22.7 Å². The van der Waals surface area contributed by atoms with Gasteiger partial charge >= 0.3 is 5.97 Å². The van der Waals surface area contributed by atoms with Crippen LogP contribution in [0.15, 0.2) is 54.6 Å². The monoisotopic (exact) mass is 338 g/mol. The molecule has 0 bridgehead atoms. The molecule has 2 aromatic rings. The molecular weight excluding hydrogens is 308 g/mol. The number of rotatable bonds is 4. The molecule has 2 nitrogen and oxygen atoms in total. The largest absolute Gasteiger partial charge is 0.426 e. The Morgan fingerprint density at radius 2 is 1.44 bits per heavy atom. The Labute approximate surface area is 152 Å². The van der Waals surface area contributed by atoms with E-state index >= 15 is 0 Å². The van der Waals surface area contributed by atoms with Gasteiger partial charge < -0.3 is 4.74 Å². The average Bonchev–Trinajstić information content (AvgIpc) is 2.52. The molecule has 2 heteroatoms. The van der Waals surface area contributed by atoms with E-state index < -0.39 is 0 Å². The fourth-order valence-electron chi connectivity index (χ4n) is 2.95. The third-order valence-electron chi connectivity index (χ3n) is 4.33. The summed E-state index contributed by atoms with van der Waals surface area (Å²) in [5.74, 6) is 0.323. The van der Waals surface area contributed by atoms with Crippen LogP contribution in [0.5, 0.6) is 5.75 Å². The van der Waals surface area contributed by atoms with Crippen molar-refractivity contribution in [3.05, 3.63) is 54.6 Å². The van der Waals surface area contributed by atoms with E-state index in [4.69, 9.17) is 4.74 Å². The molecule has 0 aliphatic rings. The molecule has 0 amide bonds. The smallest absolute Gasteiger partial charge is 0.314 e. The molecular formula is C23H30O2. The van der Waals surface area contributed by atoms with Gasteiger partial charge in [0.15, 0.2) is 0 Å². The third-order valence-corrected chi connectivity index (χ3v) is 4.33. The summed E-state index contributed by atoms with van der Waals surface area (Å²) in [4.78, 5) is 13.0. The lowest BCUT2D eigenvalue weighted by molar-refractivity contribution is -0.144. The Bertz CT molecular complexity index is 703. The average molecular weight is 338 g/mol. The molecule has 134 valence electrons. The van der Waals surface area contributed by atoms with Crippen molar-refractivity contribution in [3.63, 3.8) is 0 Å². The minimum absolute atomic E-state index is 0.0654. The van der Waals surface area contributed by atoms with Crippen LogP contribution in [0.25, 0.3) is 11.1 Å². The molecule has 0 aliphatic heterocycles. The van der Waals surface area contributed by atoms with Gasteiger partial charge in [0.05, 0.1) is 5.92 Å². The fraction of sp³-hybridized carbons (Fsp3) is 0.435. The molecule has 0 fully saturated rings. The van der Waals surface area contributed by atoms with Crippen molar-refractivity contribution in [2.24, 2.45) is 16.7 Å². The van der Waals surface area contributed by atoms with Gasteiger partial charge in [-0.25, -0.2) is 0 Å². The first-order chi connectivity index (χ1) is 11.6. The third kappa shape index (κ3) is 5.45. The molecule has 0 N–H and O–H groups in total. The maximum atomic E-state index is 13.0. The van der Waals surface area contributed by atoms with Crippen LogP contribution in [0.4, 0.5) is 0 Å². The molecule has 0 aliphatic carbocycles. The molecule has 1 atom stereocenters. The molecule has 0 spiro atoms. The van der Waals surface area contributed by atoms with Crippen LogP contribution in [0.3, 0.4) is 0 Å². The van der Waals surface area contributed by atoms with E-state index in [0.29, 0.717) is 5.75 Å². The zero-order chi connectivity index (χ0) is 18.7. The Morgan fingerprint density at radius 3 is 2.00 bits per heavy atom. The lowest BCUT2D eigenvalue weighted by atomic mass is 9.72. The maximum absolute atomic E-state index is 13.0. The quantitative estimate of drug-likeness (QED) is 0.479. The van der Waals surface area contributed by atoms with Gasteiger partial charge in [-0.1, -0.05) is 90.1 Å². The highest BCUT2D eigenvalue weighted by Gasteiger charge is 2.36. The fourth-order valence-corrected chi connectivity index (χ4v) is 2.95. The summed E-state index contributed by atoms with van der Waals surface area (Å²) in [5, 5.41) is 0. The van der Waals surface area contributed by atoms with Crippen LogP contribution < -0.4 is 4.74 Å². The number of benzene rings is 2. The van der Waals surface area contributed by atoms with Crippen LogP contribution in [0.1, 0.15) is 48.0 Å². The number of ether oxygens (including phenoxy) is 1. The van der Waals surface area contributed by atoms with Gasteiger partial charge in [0.2, 0.25) is 0 Å². The van der Waals surface area contributed by atoms with Crippen LogP contribution in [-0.4, -0.2) is 5.97 Å². The SMILES string of the molecule is CC(C)(C)CC(C(=O)Oc1ccccc1-c1ccccc1)C(C)(C)C. The molecule has 2 rings (SSSR count). The van der Waals surface area contributed by atoms with Gasteiger partial charge in [0.25, 0.3) is 0 Å². The van der Waals surface area contributed by atoms with Crippen molar-refractivity contribution in [2.75, 3.05) is 0 Å². The lowest BCUT2D eigenvalue weighted by Crippen LogP contribution is -2.35. The number of para-hydroxylation sites is 1. The summed E-state index contributed by atoms with van der Waals surface area (Å²) >= 11 is 0. The highest BCUT2D eigenvalue weighted by molar-refractivity contribution is 5.80. The van der Waals surface area contributed by atoms with E-state index in [9.17, 15) is 4.79 Å². The van der Waals surface area contributed by atoms with E-state index in [2.05, 4.69) is 41.5 Å². The first kappa shape index (κ1) is 19.2. The Hall–Kier alpha value is -2.09. The number of hydrogen-bond acceptors (Lipinski definition) is 2. The van der Waals surface area contributed by atoms with Gasteiger partial charge in [-0.05, 0) is 28.9 Å². The zero-order valence-electron chi connectivity index (χ0n) is 16.3. The van der Waals surface area contributed by atoms with E-state index in [1.54, 1.807) is 0 Å². The summed E-state index contributed by atoms with van der Waals surface area (Å²) < 4.78 is 5.90. The van der Waals surface area contributed by atoms with Crippen LogP contribution in [-0.2, 0) is 4.79 Å². The van der Waals surface area contributed by atoms with Crippen molar-refractivity contribution >= 4 is 5.97 Å². The molecule has 0 saturated heterocycles. The minimum Gasteiger partial charge on any atom is -0.426 e. The van der Waals surface area contributed by atoms with Crippen LogP contribution in [0, 0.1) is 16.7 Å². The Balaban J connectivity index is 2.31. The molecule has 2 aromatic carbocycles. The minimum atomic E-state index is -0.156. The summed E-state index contributed by atoms with van der Waals surface area (Å²) in [6, 6.07) is 17.8. The molecule has 25 heavy (non-hydrogen) atoms.